The zero-order valence-corrected chi connectivity index (χ0v) is 5.91. The first-order chi connectivity index (χ1) is 4.89. The van der Waals surface area contributed by atoms with Crippen LogP contribution in [0.3, 0.4) is 0 Å². The number of nitrogens with zero attached hydrogens (tertiary/aromatic N) is 1. The Kier molecular flexibility index (Phi) is 2.49. The van der Waals surface area contributed by atoms with Gasteiger partial charge in [-0.3, -0.25) is 4.98 Å². The van der Waals surface area contributed by atoms with E-state index in [2.05, 4.69) is 9.97 Å². The standard InChI is InChI=1S/C8H10N2/c1-8-4-2-3-5-9-6-7-10-8/h2-7,10H,1H3. The molecular weight excluding hydrogens is 124 g/mol. The van der Waals surface area contributed by atoms with E-state index in [4.69, 9.17) is 0 Å². The molecule has 2 nitrogen and oxygen atoms in total. The van der Waals surface area contributed by atoms with Gasteiger partial charge < -0.3 is 4.98 Å². The third-order valence-electron chi connectivity index (χ3n) is 1.10. The summed E-state index contributed by atoms with van der Waals surface area (Å²) in [5, 5.41) is 0. The minimum Gasteiger partial charge on any atom is -0.364 e. The topological polar surface area (TPSA) is 28.7 Å². The third-order valence-corrected chi connectivity index (χ3v) is 1.10. The highest BCUT2D eigenvalue weighted by Crippen LogP contribution is 1.83. The van der Waals surface area contributed by atoms with E-state index in [1.54, 1.807) is 18.6 Å². The average Bonchev–Trinajstić information content (AvgIpc) is 2.02. The summed E-state index contributed by atoms with van der Waals surface area (Å²) in [5.74, 6) is 0. The molecule has 0 bridgehead atoms. The van der Waals surface area contributed by atoms with Crippen LogP contribution in [0.1, 0.15) is 5.69 Å². The molecule has 0 aliphatic heterocycles. The van der Waals surface area contributed by atoms with Crippen LogP contribution in [-0.4, -0.2) is 9.97 Å². The van der Waals surface area contributed by atoms with Crippen molar-refractivity contribution in [2.24, 2.45) is 0 Å². The molecular formula is C8H10N2. The van der Waals surface area contributed by atoms with Crippen molar-refractivity contribution < 1.29 is 0 Å². The molecule has 52 valence electrons. The van der Waals surface area contributed by atoms with Gasteiger partial charge in [-0.1, -0.05) is 6.07 Å². The van der Waals surface area contributed by atoms with Gasteiger partial charge in [-0.15, -0.1) is 0 Å². The van der Waals surface area contributed by atoms with Crippen molar-refractivity contribution in [1.29, 1.82) is 0 Å². The Morgan fingerprint density at radius 3 is 3.10 bits per heavy atom. The van der Waals surface area contributed by atoms with Crippen LogP contribution in [0, 0.1) is 6.92 Å². The molecule has 1 aromatic heterocycles. The predicted octanol–water partition coefficient (Wildman–Crippen LogP) is 1.84. The van der Waals surface area contributed by atoms with Crippen LogP contribution in [0.5, 0.6) is 0 Å². The number of aryl methyl sites for hydroxylation is 1. The van der Waals surface area contributed by atoms with Gasteiger partial charge in [0.1, 0.15) is 0 Å². The van der Waals surface area contributed by atoms with Gasteiger partial charge in [0.15, 0.2) is 0 Å². The van der Waals surface area contributed by atoms with Crippen molar-refractivity contribution >= 4 is 0 Å². The fourth-order valence-corrected chi connectivity index (χ4v) is 0.609. The largest absolute Gasteiger partial charge is 0.364 e. The summed E-state index contributed by atoms with van der Waals surface area (Å²) >= 11 is 0. The maximum Gasteiger partial charge on any atom is 0.0428 e. The van der Waals surface area contributed by atoms with Crippen LogP contribution in [0.2, 0.25) is 0 Å². The Labute approximate surface area is 60.3 Å². The zero-order valence-electron chi connectivity index (χ0n) is 5.91. The molecule has 0 saturated heterocycles. The molecule has 0 radical (unpaired) electrons. The van der Waals surface area contributed by atoms with Gasteiger partial charge in [0, 0.05) is 24.3 Å². The Morgan fingerprint density at radius 2 is 2.20 bits per heavy atom. The van der Waals surface area contributed by atoms with Crippen molar-refractivity contribution in [3.63, 3.8) is 0 Å². The molecule has 0 atom stereocenters. The molecule has 0 aliphatic rings. The van der Waals surface area contributed by atoms with Crippen LogP contribution < -0.4 is 0 Å². The second-order valence-corrected chi connectivity index (χ2v) is 1.99. The van der Waals surface area contributed by atoms with Gasteiger partial charge in [-0.25, -0.2) is 0 Å². The lowest BCUT2D eigenvalue weighted by Gasteiger charge is -1.79. The monoisotopic (exact) mass is 134 g/mol. The summed E-state index contributed by atoms with van der Waals surface area (Å²) in [6.07, 6.45) is 5.26. The molecule has 0 aliphatic carbocycles. The molecule has 2 heteroatoms. The first-order valence-electron chi connectivity index (χ1n) is 3.18. The summed E-state index contributed by atoms with van der Waals surface area (Å²) in [4.78, 5) is 6.98. The van der Waals surface area contributed by atoms with Gasteiger partial charge in [0.2, 0.25) is 0 Å². The molecule has 1 N–H and O–H groups in total. The predicted molar refractivity (Wildman–Crippen MR) is 41.0 cm³/mol. The Morgan fingerprint density at radius 1 is 1.30 bits per heavy atom. The Bertz CT molecular complexity index is 215. The summed E-state index contributed by atoms with van der Waals surface area (Å²) in [5.41, 5.74) is 1.11. The van der Waals surface area contributed by atoms with Crippen LogP contribution in [0.4, 0.5) is 0 Å². The summed E-state index contributed by atoms with van der Waals surface area (Å²) in [6.45, 7) is 2.00. The van der Waals surface area contributed by atoms with Gasteiger partial charge in [0.05, 0.1) is 0 Å². The van der Waals surface area contributed by atoms with Gasteiger partial charge in [-0.2, -0.15) is 0 Å². The molecule has 0 unspecified atom stereocenters. The second kappa shape index (κ2) is 3.67. The van der Waals surface area contributed by atoms with E-state index < -0.39 is 0 Å². The molecule has 10 heavy (non-hydrogen) atoms. The molecule has 0 fully saturated rings. The number of hydrogen-bond acceptors (Lipinski definition) is 1. The van der Waals surface area contributed by atoms with E-state index in [9.17, 15) is 0 Å². The number of nitrogens with one attached hydrogen (secondary N) is 1. The number of aromatic nitrogens is 2. The highest BCUT2D eigenvalue weighted by molar-refractivity contribution is 4.96. The lowest BCUT2D eigenvalue weighted by Crippen LogP contribution is -1.68. The summed E-state index contributed by atoms with van der Waals surface area (Å²) in [7, 11) is 0. The van der Waals surface area contributed by atoms with E-state index in [1.807, 2.05) is 25.1 Å². The lowest BCUT2D eigenvalue weighted by atomic mass is 10.4. The zero-order chi connectivity index (χ0) is 7.23. The number of rotatable bonds is 0. The van der Waals surface area contributed by atoms with Gasteiger partial charge in [-0.05, 0) is 19.1 Å². The number of hydrogen-bond donors (Lipinski definition) is 1. The second-order valence-electron chi connectivity index (χ2n) is 1.99. The van der Waals surface area contributed by atoms with Crippen LogP contribution in [0.15, 0.2) is 36.8 Å². The Hall–Kier alpha value is -1.31. The van der Waals surface area contributed by atoms with Crippen molar-refractivity contribution in [3.8, 4) is 0 Å². The normalized spacial score (nSPS) is 8.50. The smallest absolute Gasteiger partial charge is 0.0428 e. The molecule has 0 amide bonds. The molecule has 0 aromatic carbocycles. The van der Waals surface area contributed by atoms with Gasteiger partial charge >= 0.3 is 0 Å². The van der Waals surface area contributed by atoms with Crippen molar-refractivity contribution in [2.75, 3.05) is 0 Å². The van der Waals surface area contributed by atoms with Crippen molar-refractivity contribution in [2.45, 2.75) is 6.92 Å². The maximum absolute atomic E-state index is 3.94. The van der Waals surface area contributed by atoms with Crippen molar-refractivity contribution in [3.05, 3.63) is 42.5 Å². The molecule has 1 rings (SSSR count). The highest BCUT2D eigenvalue weighted by atomic mass is 14.7. The van der Waals surface area contributed by atoms with E-state index >= 15 is 0 Å². The first kappa shape index (κ1) is 6.81. The molecule has 0 spiro atoms. The molecule has 1 aromatic rings. The first-order valence-corrected chi connectivity index (χ1v) is 3.18. The lowest BCUT2D eigenvalue weighted by molar-refractivity contribution is 1.20. The fraction of sp³-hybridized carbons (Fsp3) is 0.125. The van der Waals surface area contributed by atoms with Crippen LogP contribution in [-0.2, 0) is 0 Å². The van der Waals surface area contributed by atoms with Crippen LogP contribution in [0.25, 0.3) is 0 Å². The average molecular weight is 134 g/mol. The molecule has 0 saturated carbocycles. The minimum atomic E-state index is 1.11. The third kappa shape index (κ3) is 2.31. The SMILES string of the molecule is Cc1ccccncc[nH]1. The number of aromatic amines is 1. The van der Waals surface area contributed by atoms with E-state index in [1.165, 1.54) is 0 Å². The van der Waals surface area contributed by atoms with E-state index in [0.29, 0.717) is 0 Å². The van der Waals surface area contributed by atoms with Crippen LogP contribution >= 0.6 is 0 Å². The highest BCUT2D eigenvalue weighted by Gasteiger charge is 1.69. The summed E-state index contributed by atoms with van der Waals surface area (Å²) < 4.78 is 0. The maximum atomic E-state index is 3.94. The van der Waals surface area contributed by atoms with E-state index in [-0.39, 0.29) is 0 Å². The summed E-state index contributed by atoms with van der Waals surface area (Å²) in [6, 6.07) is 5.82. The fourth-order valence-electron chi connectivity index (χ4n) is 0.609. The van der Waals surface area contributed by atoms with E-state index in [0.717, 1.165) is 5.69 Å². The van der Waals surface area contributed by atoms with Crippen molar-refractivity contribution in [1.82, 2.24) is 9.97 Å². The Balaban J connectivity index is 3.13. The number of H-pyrrole nitrogens is 1. The minimum absolute atomic E-state index is 1.11. The molecule has 1 heterocycles. The quantitative estimate of drug-likeness (QED) is 0.576. The van der Waals surface area contributed by atoms with Gasteiger partial charge in [0.25, 0.3) is 0 Å².